The topological polar surface area (TPSA) is 114 Å². The standard InChI is InChI=1S/C27H25N5O4S/c1-2-17-5-7-18(8-6-17)26-29-21-16-20(10-12-24(21)36-26)28-27(37)30-25(33)19-9-11-22(23(15-19)32(34)35)31-13-3-4-14-31/h5-12,15-16H,2-4,13-14H2,1H3,(H2,28,30,33,37). The maximum Gasteiger partial charge on any atom is 0.293 e. The third-order valence-corrected chi connectivity index (χ3v) is 6.57. The van der Waals surface area contributed by atoms with E-state index in [-0.39, 0.29) is 16.4 Å². The summed E-state index contributed by atoms with van der Waals surface area (Å²) in [7, 11) is 0. The third kappa shape index (κ3) is 5.29. The Kier molecular flexibility index (Phi) is 6.82. The molecule has 3 aromatic carbocycles. The number of nitrogens with zero attached hydrogens (tertiary/aromatic N) is 3. The van der Waals surface area contributed by atoms with Crippen LogP contribution in [0.25, 0.3) is 22.6 Å². The molecule has 2 heterocycles. The minimum Gasteiger partial charge on any atom is -0.436 e. The van der Waals surface area contributed by atoms with Gasteiger partial charge in [-0.15, -0.1) is 0 Å². The van der Waals surface area contributed by atoms with Gasteiger partial charge >= 0.3 is 0 Å². The number of amides is 1. The van der Waals surface area contributed by atoms with Gasteiger partial charge in [0.15, 0.2) is 10.7 Å². The van der Waals surface area contributed by atoms with Crippen LogP contribution in [0.15, 0.2) is 65.1 Å². The third-order valence-electron chi connectivity index (χ3n) is 6.36. The summed E-state index contributed by atoms with van der Waals surface area (Å²) in [4.78, 5) is 30.5. The Morgan fingerprint density at radius 1 is 1.11 bits per heavy atom. The van der Waals surface area contributed by atoms with Crippen LogP contribution in [0.2, 0.25) is 0 Å². The second-order valence-electron chi connectivity index (χ2n) is 8.82. The van der Waals surface area contributed by atoms with Crippen LogP contribution >= 0.6 is 12.2 Å². The molecular weight excluding hydrogens is 490 g/mol. The van der Waals surface area contributed by atoms with Gasteiger partial charge in [0.05, 0.1) is 4.92 Å². The molecular formula is C27H25N5O4S. The number of hydrogen-bond donors (Lipinski definition) is 2. The van der Waals surface area contributed by atoms with Crippen molar-refractivity contribution in [2.75, 3.05) is 23.3 Å². The minimum atomic E-state index is -0.533. The lowest BCUT2D eigenvalue weighted by atomic mass is 10.1. The van der Waals surface area contributed by atoms with Gasteiger partial charge in [0, 0.05) is 36.0 Å². The van der Waals surface area contributed by atoms with E-state index in [9.17, 15) is 14.9 Å². The van der Waals surface area contributed by atoms with Crippen LogP contribution < -0.4 is 15.5 Å². The maximum absolute atomic E-state index is 12.8. The van der Waals surface area contributed by atoms with Crippen LogP contribution in [0, 0.1) is 10.1 Å². The molecule has 1 aliphatic heterocycles. The van der Waals surface area contributed by atoms with Gasteiger partial charge in [0.2, 0.25) is 5.89 Å². The fourth-order valence-electron chi connectivity index (χ4n) is 4.39. The average Bonchev–Trinajstić information content (AvgIpc) is 3.58. The van der Waals surface area contributed by atoms with Crippen LogP contribution in [0.1, 0.15) is 35.7 Å². The molecule has 0 saturated carbocycles. The molecule has 0 aliphatic carbocycles. The van der Waals surface area contributed by atoms with Gasteiger partial charge in [-0.3, -0.25) is 20.2 Å². The lowest BCUT2D eigenvalue weighted by Gasteiger charge is -2.18. The van der Waals surface area contributed by atoms with Gasteiger partial charge in [-0.2, -0.15) is 0 Å². The zero-order chi connectivity index (χ0) is 25.9. The summed E-state index contributed by atoms with van der Waals surface area (Å²) < 4.78 is 5.89. The van der Waals surface area contributed by atoms with Crippen molar-refractivity contribution in [1.82, 2.24) is 10.3 Å². The molecule has 0 bridgehead atoms. The van der Waals surface area contributed by atoms with E-state index in [1.165, 1.54) is 11.6 Å². The number of oxazole rings is 1. The number of carbonyl (C=O) groups excluding carboxylic acids is 1. The first kappa shape index (κ1) is 24.4. The number of thiocarbonyl (C=S) groups is 1. The highest BCUT2D eigenvalue weighted by Gasteiger charge is 2.24. The first-order valence-corrected chi connectivity index (χ1v) is 12.5. The number of fused-ring (bicyclic) bond motifs is 1. The van der Waals surface area contributed by atoms with Gasteiger partial charge in [-0.25, -0.2) is 4.98 Å². The van der Waals surface area contributed by atoms with Gasteiger partial charge in [-0.1, -0.05) is 19.1 Å². The SMILES string of the molecule is CCc1ccc(-c2nc3cc(NC(=S)NC(=O)c4ccc(N5CCCC5)c([N+](=O)[O-])c4)ccc3o2)cc1. The first-order chi connectivity index (χ1) is 17.9. The van der Waals surface area contributed by atoms with Crippen molar-refractivity contribution in [3.63, 3.8) is 0 Å². The highest BCUT2D eigenvalue weighted by Crippen LogP contribution is 2.32. The van der Waals surface area contributed by atoms with Gasteiger partial charge < -0.3 is 14.6 Å². The van der Waals surface area contributed by atoms with Crippen molar-refractivity contribution in [2.45, 2.75) is 26.2 Å². The smallest absolute Gasteiger partial charge is 0.293 e. The minimum absolute atomic E-state index is 0.0643. The number of aromatic nitrogens is 1. The molecule has 1 saturated heterocycles. The number of rotatable bonds is 6. The monoisotopic (exact) mass is 515 g/mol. The Morgan fingerprint density at radius 3 is 2.57 bits per heavy atom. The molecule has 2 N–H and O–H groups in total. The lowest BCUT2D eigenvalue weighted by Crippen LogP contribution is -2.34. The normalized spacial score (nSPS) is 13.1. The molecule has 5 rings (SSSR count). The van der Waals surface area contributed by atoms with Crippen molar-refractivity contribution in [2.24, 2.45) is 0 Å². The Bertz CT molecular complexity index is 1490. The predicted octanol–water partition coefficient (Wildman–Crippen LogP) is 5.69. The number of anilines is 2. The fourth-order valence-corrected chi connectivity index (χ4v) is 4.60. The quantitative estimate of drug-likeness (QED) is 0.191. The van der Waals surface area contributed by atoms with Gasteiger partial charge in [-0.05, 0) is 79.5 Å². The van der Waals surface area contributed by atoms with E-state index in [1.54, 1.807) is 30.3 Å². The fraction of sp³-hybridized carbons (Fsp3) is 0.222. The first-order valence-electron chi connectivity index (χ1n) is 12.1. The van der Waals surface area contributed by atoms with Crippen LogP contribution in [0.4, 0.5) is 17.1 Å². The lowest BCUT2D eigenvalue weighted by molar-refractivity contribution is -0.384. The van der Waals surface area contributed by atoms with E-state index in [4.69, 9.17) is 16.6 Å². The second-order valence-corrected chi connectivity index (χ2v) is 9.22. The zero-order valence-corrected chi connectivity index (χ0v) is 21.0. The largest absolute Gasteiger partial charge is 0.436 e. The van der Waals surface area contributed by atoms with Crippen molar-refractivity contribution in [3.05, 3.63) is 81.9 Å². The number of nitro groups is 1. The Balaban J connectivity index is 1.27. The van der Waals surface area contributed by atoms with E-state index >= 15 is 0 Å². The number of hydrogen-bond acceptors (Lipinski definition) is 7. The van der Waals surface area contributed by atoms with E-state index in [0.717, 1.165) is 37.9 Å². The van der Waals surface area contributed by atoms with E-state index in [2.05, 4.69) is 22.5 Å². The maximum atomic E-state index is 12.8. The highest BCUT2D eigenvalue weighted by molar-refractivity contribution is 7.80. The molecule has 37 heavy (non-hydrogen) atoms. The highest BCUT2D eigenvalue weighted by atomic mass is 32.1. The molecule has 0 unspecified atom stereocenters. The van der Waals surface area contributed by atoms with Crippen molar-refractivity contribution < 1.29 is 14.1 Å². The molecule has 10 heteroatoms. The number of aryl methyl sites for hydroxylation is 1. The Morgan fingerprint density at radius 2 is 1.86 bits per heavy atom. The van der Waals surface area contributed by atoms with Crippen molar-refractivity contribution in [3.8, 4) is 11.5 Å². The van der Waals surface area contributed by atoms with Crippen molar-refractivity contribution in [1.29, 1.82) is 0 Å². The molecule has 0 atom stereocenters. The van der Waals surface area contributed by atoms with Crippen LogP contribution in [0.5, 0.6) is 0 Å². The molecule has 188 valence electrons. The summed E-state index contributed by atoms with van der Waals surface area (Å²) in [6.45, 7) is 3.64. The van der Waals surface area contributed by atoms with E-state index < -0.39 is 10.8 Å². The summed E-state index contributed by atoms with van der Waals surface area (Å²) in [5, 5.41) is 17.3. The predicted molar refractivity (Wildman–Crippen MR) is 147 cm³/mol. The number of benzene rings is 3. The molecule has 1 aliphatic rings. The summed E-state index contributed by atoms with van der Waals surface area (Å²) >= 11 is 5.31. The van der Waals surface area contributed by atoms with Crippen LogP contribution in [-0.2, 0) is 6.42 Å². The summed E-state index contributed by atoms with van der Waals surface area (Å²) in [6, 6.07) is 17.9. The average molecular weight is 516 g/mol. The Hall–Kier alpha value is -4.31. The summed E-state index contributed by atoms with van der Waals surface area (Å²) in [5.74, 6) is -0.0152. The second kappa shape index (κ2) is 10.4. The van der Waals surface area contributed by atoms with Crippen LogP contribution in [0.3, 0.4) is 0 Å². The summed E-state index contributed by atoms with van der Waals surface area (Å²) in [5.41, 5.74) is 4.60. The van der Waals surface area contributed by atoms with Gasteiger partial charge in [0.1, 0.15) is 11.2 Å². The Labute approximate surface area is 218 Å². The van der Waals surface area contributed by atoms with Crippen LogP contribution in [-0.4, -0.2) is 34.0 Å². The molecule has 9 nitrogen and oxygen atoms in total. The molecule has 4 aromatic rings. The zero-order valence-electron chi connectivity index (χ0n) is 20.2. The number of nitro benzene ring substituents is 1. The summed E-state index contributed by atoms with van der Waals surface area (Å²) in [6.07, 6.45) is 2.94. The molecule has 1 fully saturated rings. The number of nitrogens with one attached hydrogen (secondary N) is 2. The number of carbonyl (C=O) groups is 1. The van der Waals surface area contributed by atoms with E-state index in [0.29, 0.717) is 28.4 Å². The van der Waals surface area contributed by atoms with Crippen molar-refractivity contribution >= 4 is 51.4 Å². The molecule has 0 spiro atoms. The molecule has 1 aromatic heterocycles. The van der Waals surface area contributed by atoms with E-state index in [1.807, 2.05) is 29.2 Å². The molecule has 1 amide bonds. The van der Waals surface area contributed by atoms with Gasteiger partial charge in [0.25, 0.3) is 11.6 Å². The molecule has 0 radical (unpaired) electrons.